The van der Waals surface area contributed by atoms with Crippen molar-refractivity contribution in [2.45, 2.75) is 20.8 Å². The second-order valence-electron chi connectivity index (χ2n) is 4.59. The monoisotopic (exact) mass is 284 g/mol. The molecular formula is C13H20N2O3S. The minimum atomic E-state index is -3.36. The van der Waals surface area contributed by atoms with Crippen LogP contribution < -0.4 is 9.62 Å². The van der Waals surface area contributed by atoms with E-state index in [1.165, 1.54) is 11.2 Å². The SMILES string of the molecule is CC(=O)NCCN(c1ccc(C)c(C)c1)S(C)(=O)=O. The van der Waals surface area contributed by atoms with Gasteiger partial charge in [0.1, 0.15) is 0 Å². The first kappa shape index (κ1) is 15.5. The highest BCUT2D eigenvalue weighted by atomic mass is 32.2. The van der Waals surface area contributed by atoms with E-state index in [1.807, 2.05) is 26.0 Å². The van der Waals surface area contributed by atoms with E-state index in [-0.39, 0.29) is 19.0 Å². The number of carbonyl (C=O) groups excluding carboxylic acids is 1. The second-order valence-corrected chi connectivity index (χ2v) is 6.49. The molecule has 0 atom stereocenters. The van der Waals surface area contributed by atoms with Gasteiger partial charge in [-0.3, -0.25) is 9.10 Å². The van der Waals surface area contributed by atoms with Gasteiger partial charge < -0.3 is 5.32 Å². The molecule has 1 rings (SSSR count). The van der Waals surface area contributed by atoms with Gasteiger partial charge in [-0.15, -0.1) is 0 Å². The molecule has 0 bridgehead atoms. The Morgan fingerprint density at radius 3 is 2.37 bits per heavy atom. The summed E-state index contributed by atoms with van der Waals surface area (Å²) in [6.07, 6.45) is 1.16. The van der Waals surface area contributed by atoms with Gasteiger partial charge in [0, 0.05) is 13.5 Å². The number of carbonyl (C=O) groups is 1. The summed E-state index contributed by atoms with van der Waals surface area (Å²) in [6, 6.07) is 5.50. The fourth-order valence-electron chi connectivity index (χ4n) is 1.70. The maximum atomic E-state index is 11.8. The third kappa shape index (κ3) is 4.55. The fraction of sp³-hybridized carbons (Fsp3) is 0.462. The van der Waals surface area contributed by atoms with Crippen LogP contribution in [0.2, 0.25) is 0 Å². The van der Waals surface area contributed by atoms with Crippen LogP contribution in [-0.2, 0) is 14.8 Å². The molecule has 1 aromatic rings. The average Bonchev–Trinajstić information content (AvgIpc) is 2.26. The Kier molecular flexibility index (Phi) is 4.94. The van der Waals surface area contributed by atoms with Gasteiger partial charge >= 0.3 is 0 Å². The predicted octanol–water partition coefficient (Wildman–Crippen LogP) is 1.21. The molecule has 1 N–H and O–H groups in total. The van der Waals surface area contributed by atoms with E-state index in [4.69, 9.17) is 0 Å². The van der Waals surface area contributed by atoms with Crippen molar-refractivity contribution in [2.24, 2.45) is 0 Å². The number of anilines is 1. The lowest BCUT2D eigenvalue weighted by atomic mass is 10.1. The van der Waals surface area contributed by atoms with Gasteiger partial charge in [-0.25, -0.2) is 8.42 Å². The number of amides is 1. The van der Waals surface area contributed by atoms with Crippen LogP contribution in [0.5, 0.6) is 0 Å². The lowest BCUT2D eigenvalue weighted by Crippen LogP contribution is -2.37. The van der Waals surface area contributed by atoms with Crippen LogP contribution >= 0.6 is 0 Å². The number of aryl methyl sites for hydroxylation is 2. The highest BCUT2D eigenvalue weighted by molar-refractivity contribution is 7.92. The molecule has 0 aliphatic carbocycles. The first-order valence-electron chi connectivity index (χ1n) is 6.01. The molecule has 0 fully saturated rings. The molecule has 0 saturated carbocycles. The van der Waals surface area contributed by atoms with E-state index in [2.05, 4.69) is 5.32 Å². The van der Waals surface area contributed by atoms with E-state index in [0.717, 1.165) is 17.4 Å². The number of hydrogen-bond acceptors (Lipinski definition) is 3. The molecular weight excluding hydrogens is 264 g/mol. The predicted molar refractivity (Wildman–Crippen MR) is 76.8 cm³/mol. The van der Waals surface area contributed by atoms with Crippen molar-refractivity contribution in [3.05, 3.63) is 29.3 Å². The van der Waals surface area contributed by atoms with Crippen LogP contribution in [0, 0.1) is 13.8 Å². The Morgan fingerprint density at radius 1 is 1.26 bits per heavy atom. The molecule has 0 aromatic heterocycles. The van der Waals surface area contributed by atoms with Crippen LogP contribution in [-0.4, -0.2) is 33.7 Å². The van der Waals surface area contributed by atoms with Crippen molar-refractivity contribution in [1.29, 1.82) is 0 Å². The zero-order valence-electron chi connectivity index (χ0n) is 11.7. The van der Waals surface area contributed by atoms with Crippen LogP contribution in [0.3, 0.4) is 0 Å². The third-order valence-corrected chi connectivity index (χ3v) is 4.06. The number of sulfonamides is 1. The minimum absolute atomic E-state index is 0.173. The molecule has 0 unspecified atom stereocenters. The van der Waals surface area contributed by atoms with E-state index in [9.17, 15) is 13.2 Å². The third-order valence-electron chi connectivity index (χ3n) is 2.87. The lowest BCUT2D eigenvalue weighted by molar-refractivity contribution is -0.118. The van der Waals surface area contributed by atoms with Crippen molar-refractivity contribution in [3.63, 3.8) is 0 Å². The normalized spacial score (nSPS) is 11.2. The molecule has 6 heteroatoms. The standard InChI is InChI=1S/C13H20N2O3S/c1-10-5-6-13(9-11(10)2)15(19(4,17)18)8-7-14-12(3)16/h5-6,9H,7-8H2,1-4H3,(H,14,16). The zero-order valence-corrected chi connectivity index (χ0v) is 12.5. The van der Waals surface area contributed by atoms with Gasteiger partial charge in [-0.2, -0.15) is 0 Å². The molecule has 19 heavy (non-hydrogen) atoms. The number of hydrogen-bond donors (Lipinski definition) is 1. The van der Waals surface area contributed by atoms with E-state index in [1.54, 1.807) is 6.07 Å². The first-order valence-corrected chi connectivity index (χ1v) is 7.86. The van der Waals surface area contributed by atoms with E-state index >= 15 is 0 Å². The van der Waals surface area contributed by atoms with Crippen molar-refractivity contribution in [3.8, 4) is 0 Å². The highest BCUT2D eigenvalue weighted by Gasteiger charge is 2.17. The lowest BCUT2D eigenvalue weighted by Gasteiger charge is -2.23. The van der Waals surface area contributed by atoms with Gasteiger partial charge in [0.25, 0.3) is 0 Å². The quantitative estimate of drug-likeness (QED) is 0.883. The Balaban J connectivity index is 2.97. The molecule has 1 aromatic carbocycles. The van der Waals surface area contributed by atoms with Crippen LogP contribution in [0.4, 0.5) is 5.69 Å². The number of nitrogens with one attached hydrogen (secondary N) is 1. The van der Waals surface area contributed by atoms with E-state index < -0.39 is 10.0 Å². The second kappa shape index (κ2) is 6.06. The zero-order chi connectivity index (χ0) is 14.6. The van der Waals surface area contributed by atoms with E-state index in [0.29, 0.717) is 5.69 Å². The van der Waals surface area contributed by atoms with Crippen LogP contribution in [0.15, 0.2) is 18.2 Å². The highest BCUT2D eigenvalue weighted by Crippen LogP contribution is 2.20. The van der Waals surface area contributed by atoms with Crippen molar-refractivity contribution < 1.29 is 13.2 Å². The molecule has 0 aliphatic heterocycles. The molecule has 0 heterocycles. The summed E-state index contributed by atoms with van der Waals surface area (Å²) in [5.74, 6) is -0.173. The van der Waals surface area contributed by atoms with Crippen molar-refractivity contribution in [2.75, 3.05) is 23.7 Å². The van der Waals surface area contributed by atoms with Crippen LogP contribution in [0.1, 0.15) is 18.1 Å². The molecule has 106 valence electrons. The molecule has 1 amide bonds. The maximum absolute atomic E-state index is 11.8. The summed E-state index contributed by atoms with van der Waals surface area (Å²) in [5, 5.41) is 2.60. The number of nitrogens with zero attached hydrogens (tertiary/aromatic N) is 1. The maximum Gasteiger partial charge on any atom is 0.232 e. The molecule has 0 radical (unpaired) electrons. The van der Waals surface area contributed by atoms with Gasteiger partial charge in [0.2, 0.25) is 15.9 Å². The summed E-state index contributed by atoms with van der Waals surface area (Å²) < 4.78 is 24.9. The smallest absolute Gasteiger partial charge is 0.232 e. The Bertz CT molecular complexity index is 567. The Hall–Kier alpha value is -1.56. The van der Waals surface area contributed by atoms with Crippen LogP contribution in [0.25, 0.3) is 0 Å². The number of benzene rings is 1. The summed E-state index contributed by atoms with van der Waals surface area (Å²) in [7, 11) is -3.36. The molecule has 5 nitrogen and oxygen atoms in total. The molecule has 0 aliphatic rings. The topological polar surface area (TPSA) is 66.5 Å². The molecule has 0 saturated heterocycles. The van der Waals surface area contributed by atoms with Crippen molar-refractivity contribution >= 4 is 21.6 Å². The van der Waals surface area contributed by atoms with Crippen molar-refractivity contribution in [1.82, 2.24) is 5.32 Å². The minimum Gasteiger partial charge on any atom is -0.355 e. The fourth-order valence-corrected chi connectivity index (χ4v) is 2.62. The largest absolute Gasteiger partial charge is 0.355 e. The summed E-state index contributed by atoms with van der Waals surface area (Å²) in [5.41, 5.74) is 2.76. The average molecular weight is 284 g/mol. The summed E-state index contributed by atoms with van der Waals surface area (Å²) >= 11 is 0. The molecule has 0 spiro atoms. The van der Waals surface area contributed by atoms with Gasteiger partial charge in [-0.1, -0.05) is 6.07 Å². The first-order chi connectivity index (χ1) is 8.71. The number of rotatable bonds is 5. The van der Waals surface area contributed by atoms with Gasteiger partial charge in [-0.05, 0) is 37.1 Å². The summed E-state index contributed by atoms with van der Waals surface area (Å²) in [6.45, 7) is 5.82. The Morgan fingerprint density at radius 2 is 1.89 bits per heavy atom. The Labute approximate surface area is 114 Å². The van der Waals surface area contributed by atoms with Gasteiger partial charge in [0.15, 0.2) is 0 Å². The summed E-state index contributed by atoms with van der Waals surface area (Å²) in [4.78, 5) is 10.8. The van der Waals surface area contributed by atoms with Gasteiger partial charge in [0.05, 0.1) is 18.5 Å².